The first-order chi connectivity index (χ1) is 17.6. The van der Waals surface area contributed by atoms with Crippen molar-refractivity contribution >= 4 is 17.5 Å². The Hall–Kier alpha value is -3.87. The number of carbonyl (C=O) groups is 1. The lowest BCUT2D eigenvalue weighted by Gasteiger charge is -2.20. The average Bonchev–Trinajstić information content (AvgIpc) is 3.74. The third-order valence-corrected chi connectivity index (χ3v) is 6.61. The molecule has 5 rings (SSSR count). The molecule has 4 heterocycles. The zero-order valence-corrected chi connectivity index (χ0v) is 20.2. The van der Waals surface area contributed by atoms with Crippen molar-refractivity contribution in [2.45, 2.75) is 31.7 Å². The highest BCUT2D eigenvalue weighted by Gasteiger charge is 2.25. The maximum atomic E-state index is 11.2. The van der Waals surface area contributed by atoms with Crippen LogP contribution in [0.1, 0.15) is 42.0 Å². The van der Waals surface area contributed by atoms with E-state index in [4.69, 9.17) is 15.7 Å². The fraction of sp³-hybridized carbons (Fsp3) is 0.370. The number of nitrogens with zero attached hydrogens (tertiary/aromatic N) is 6. The average molecular weight is 483 g/mol. The van der Waals surface area contributed by atoms with Crippen molar-refractivity contribution < 1.29 is 4.79 Å². The third-order valence-electron chi connectivity index (χ3n) is 6.61. The van der Waals surface area contributed by atoms with E-state index >= 15 is 0 Å². The van der Waals surface area contributed by atoms with Crippen LogP contribution in [-0.4, -0.2) is 63.4 Å². The Morgan fingerprint density at radius 2 is 1.89 bits per heavy atom. The summed E-state index contributed by atoms with van der Waals surface area (Å²) in [6.07, 6.45) is 6.90. The molecule has 0 unspecified atom stereocenters. The van der Waals surface area contributed by atoms with E-state index in [1.807, 2.05) is 6.20 Å². The van der Waals surface area contributed by atoms with Gasteiger partial charge in [0.2, 0.25) is 5.91 Å². The number of hydrogen-bond acceptors (Lipinski definition) is 8. The molecule has 184 valence electrons. The van der Waals surface area contributed by atoms with Crippen LogP contribution in [0.15, 0.2) is 48.8 Å². The van der Waals surface area contributed by atoms with Crippen molar-refractivity contribution in [3.63, 3.8) is 0 Å². The topological polar surface area (TPSA) is 124 Å². The first kappa shape index (κ1) is 23.9. The summed E-state index contributed by atoms with van der Waals surface area (Å²) in [6, 6.07) is 13.9. The van der Waals surface area contributed by atoms with Crippen molar-refractivity contribution in [1.82, 2.24) is 24.8 Å². The van der Waals surface area contributed by atoms with Crippen molar-refractivity contribution in [3.05, 3.63) is 65.6 Å². The van der Waals surface area contributed by atoms with Gasteiger partial charge in [-0.05, 0) is 80.2 Å². The summed E-state index contributed by atoms with van der Waals surface area (Å²) in [4.78, 5) is 29.6. The molecule has 1 aliphatic carbocycles. The van der Waals surface area contributed by atoms with E-state index in [1.165, 1.54) is 18.4 Å². The number of anilines is 2. The maximum absolute atomic E-state index is 11.2. The second-order valence-corrected chi connectivity index (χ2v) is 9.52. The highest BCUT2D eigenvalue weighted by molar-refractivity contribution is 5.75. The van der Waals surface area contributed by atoms with Crippen LogP contribution in [0.25, 0.3) is 11.3 Å². The van der Waals surface area contributed by atoms with Gasteiger partial charge in [-0.2, -0.15) is 5.26 Å². The van der Waals surface area contributed by atoms with Gasteiger partial charge in [0.15, 0.2) is 0 Å². The molecule has 3 N–H and O–H groups in total. The highest BCUT2D eigenvalue weighted by atomic mass is 16.1. The van der Waals surface area contributed by atoms with E-state index in [9.17, 15) is 10.1 Å². The Morgan fingerprint density at radius 3 is 2.64 bits per heavy atom. The first-order valence-corrected chi connectivity index (χ1v) is 12.4. The minimum atomic E-state index is -0.273. The number of nitrogens with one attached hydrogen (secondary N) is 1. The lowest BCUT2D eigenvalue weighted by atomic mass is 10.1. The van der Waals surface area contributed by atoms with Gasteiger partial charge in [-0.25, -0.2) is 9.97 Å². The molecule has 9 heteroatoms. The highest BCUT2D eigenvalue weighted by Crippen LogP contribution is 2.42. The van der Waals surface area contributed by atoms with Gasteiger partial charge in [0, 0.05) is 37.6 Å². The molecule has 0 spiro atoms. The van der Waals surface area contributed by atoms with Crippen molar-refractivity contribution in [3.8, 4) is 17.3 Å². The number of nitriles is 1. The van der Waals surface area contributed by atoms with E-state index in [0.29, 0.717) is 29.7 Å². The summed E-state index contributed by atoms with van der Waals surface area (Å²) in [7, 11) is 0. The fourth-order valence-corrected chi connectivity index (χ4v) is 4.58. The monoisotopic (exact) mass is 482 g/mol. The molecule has 0 aromatic carbocycles. The Kier molecular flexibility index (Phi) is 7.16. The minimum Gasteiger partial charge on any atom is -0.369 e. The SMILES string of the molecule is N#Cc1ccnc(Nc2cc(C3CC3)cc(-c3ccc(CN4CCCN(CC(N)=O)CC4)nc3)n2)c1. The summed E-state index contributed by atoms with van der Waals surface area (Å²) in [5.41, 5.74) is 10.0. The molecule has 3 aromatic rings. The molecular formula is C27H30N8O. The van der Waals surface area contributed by atoms with Gasteiger partial charge < -0.3 is 11.1 Å². The predicted molar refractivity (Wildman–Crippen MR) is 137 cm³/mol. The largest absolute Gasteiger partial charge is 0.369 e. The van der Waals surface area contributed by atoms with Crippen LogP contribution >= 0.6 is 0 Å². The molecule has 2 aliphatic rings. The van der Waals surface area contributed by atoms with Gasteiger partial charge in [-0.3, -0.25) is 19.6 Å². The third kappa shape index (κ3) is 6.22. The van der Waals surface area contributed by atoms with Crippen LogP contribution in [0, 0.1) is 11.3 Å². The number of nitrogens with two attached hydrogens (primary N) is 1. The second-order valence-electron chi connectivity index (χ2n) is 9.52. The van der Waals surface area contributed by atoms with Crippen LogP contribution in [0.4, 0.5) is 11.6 Å². The van der Waals surface area contributed by atoms with E-state index in [2.05, 4.69) is 50.4 Å². The molecule has 2 fully saturated rings. The summed E-state index contributed by atoms with van der Waals surface area (Å²) >= 11 is 0. The lowest BCUT2D eigenvalue weighted by molar-refractivity contribution is -0.119. The number of hydrogen-bond donors (Lipinski definition) is 2. The molecule has 0 bridgehead atoms. The van der Waals surface area contributed by atoms with Gasteiger partial charge in [0.05, 0.1) is 29.6 Å². The van der Waals surface area contributed by atoms with Crippen LogP contribution < -0.4 is 11.1 Å². The normalized spacial score (nSPS) is 16.8. The maximum Gasteiger partial charge on any atom is 0.231 e. The van der Waals surface area contributed by atoms with E-state index in [-0.39, 0.29) is 5.91 Å². The van der Waals surface area contributed by atoms with Gasteiger partial charge in [0.1, 0.15) is 11.6 Å². The Labute approximate surface area is 211 Å². The van der Waals surface area contributed by atoms with E-state index < -0.39 is 0 Å². The fourth-order valence-electron chi connectivity index (χ4n) is 4.58. The molecule has 0 atom stereocenters. The van der Waals surface area contributed by atoms with Crippen molar-refractivity contribution in [2.75, 3.05) is 38.0 Å². The van der Waals surface area contributed by atoms with Crippen LogP contribution in [0.2, 0.25) is 0 Å². The molecule has 36 heavy (non-hydrogen) atoms. The minimum absolute atomic E-state index is 0.273. The van der Waals surface area contributed by atoms with Crippen LogP contribution in [0.5, 0.6) is 0 Å². The van der Waals surface area contributed by atoms with Gasteiger partial charge in [-0.15, -0.1) is 0 Å². The summed E-state index contributed by atoms with van der Waals surface area (Å²) < 4.78 is 0. The number of primary amides is 1. The molecule has 9 nitrogen and oxygen atoms in total. The van der Waals surface area contributed by atoms with Gasteiger partial charge >= 0.3 is 0 Å². The zero-order valence-electron chi connectivity index (χ0n) is 20.2. The molecule has 1 saturated heterocycles. The zero-order chi connectivity index (χ0) is 24.9. The van der Waals surface area contributed by atoms with Crippen LogP contribution in [-0.2, 0) is 11.3 Å². The van der Waals surface area contributed by atoms with Gasteiger partial charge in [0.25, 0.3) is 0 Å². The number of pyridine rings is 3. The molecule has 1 amide bonds. The quantitative estimate of drug-likeness (QED) is 0.502. The summed E-state index contributed by atoms with van der Waals surface area (Å²) in [5.74, 6) is 1.60. The molecular weight excluding hydrogens is 452 g/mol. The standard InChI is InChI=1S/C27H30N8O/c28-15-19-6-7-30-26(12-19)33-27-14-22(20-2-3-20)13-24(32-27)21-4-5-23(31-16-21)17-34-8-1-9-35(11-10-34)18-25(29)36/h4-7,12-14,16,20H,1-3,8-11,17-18H2,(H2,29,36)(H,30,32,33). The smallest absolute Gasteiger partial charge is 0.231 e. The van der Waals surface area contributed by atoms with Crippen LogP contribution in [0.3, 0.4) is 0 Å². The van der Waals surface area contributed by atoms with Crippen molar-refractivity contribution in [1.29, 1.82) is 5.26 Å². The lowest BCUT2D eigenvalue weighted by Crippen LogP contribution is -2.36. The molecule has 0 radical (unpaired) electrons. The number of carbonyl (C=O) groups excluding carboxylic acids is 1. The summed E-state index contributed by atoms with van der Waals surface area (Å²) in [5, 5.41) is 12.4. The molecule has 3 aromatic heterocycles. The second kappa shape index (κ2) is 10.8. The Balaban J connectivity index is 1.29. The Morgan fingerprint density at radius 1 is 1.06 bits per heavy atom. The van der Waals surface area contributed by atoms with Crippen molar-refractivity contribution in [2.24, 2.45) is 5.73 Å². The number of rotatable bonds is 8. The molecule has 1 aliphatic heterocycles. The number of aromatic nitrogens is 3. The molecule has 1 saturated carbocycles. The Bertz CT molecular complexity index is 1270. The van der Waals surface area contributed by atoms with E-state index in [0.717, 1.165) is 56.1 Å². The van der Waals surface area contributed by atoms with E-state index in [1.54, 1.807) is 18.3 Å². The predicted octanol–water partition coefficient (Wildman–Crippen LogP) is 3.02. The van der Waals surface area contributed by atoms with Gasteiger partial charge in [-0.1, -0.05) is 0 Å². The first-order valence-electron chi connectivity index (χ1n) is 12.4. The number of amides is 1. The summed E-state index contributed by atoms with van der Waals surface area (Å²) in [6.45, 7) is 4.68.